The van der Waals surface area contributed by atoms with E-state index in [0.29, 0.717) is 19.0 Å². The second kappa shape index (κ2) is 13.8. The summed E-state index contributed by atoms with van der Waals surface area (Å²) in [6.45, 7) is 12.7. The van der Waals surface area contributed by atoms with E-state index in [1.807, 2.05) is 13.8 Å². The number of nitrogens with two attached hydrogens (primary N) is 1. The van der Waals surface area contributed by atoms with Gasteiger partial charge < -0.3 is 15.4 Å². The molecule has 144 valence electrons. The number of ether oxygens (including phenoxy) is 1. The molecule has 0 bridgehead atoms. The molecule has 7 heteroatoms. The van der Waals surface area contributed by atoms with Crippen LogP contribution in [0.2, 0.25) is 5.28 Å². The number of halogens is 1. The van der Waals surface area contributed by atoms with Gasteiger partial charge in [-0.3, -0.25) is 4.79 Å². The predicted molar refractivity (Wildman–Crippen MR) is 104 cm³/mol. The van der Waals surface area contributed by atoms with Crippen LogP contribution in [0.5, 0.6) is 0 Å². The van der Waals surface area contributed by atoms with Crippen molar-refractivity contribution in [3.05, 3.63) is 16.5 Å². The number of rotatable bonds is 4. The summed E-state index contributed by atoms with van der Waals surface area (Å²) < 4.78 is 5.06. The minimum atomic E-state index is 0.151. The monoisotopic (exact) mass is 372 g/mol. The number of aryl methyl sites for hydroxylation is 1. The lowest BCUT2D eigenvalue weighted by Gasteiger charge is -2.25. The van der Waals surface area contributed by atoms with Gasteiger partial charge in [-0.15, -0.1) is 0 Å². The zero-order valence-electron chi connectivity index (χ0n) is 16.3. The van der Waals surface area contributed by atoms with Crippen LogP contribution in [0.4, 0.5) is 5.82 Å². The first-order chi connectivity index (χ1) is 12.0. The van der Waals surface area contributed by atoms with E-state index in [0.717, 1.165) is 50.0 Å². The fraction of sp³-hybridized carbons (Fsp3) is 0.722. The normalized spacial score (nSPS) is 13.3. The number of carbonyl (C=O) groups excluding carboxylic acids is 1. The van der Waals surface area contributed by atoms with Gasteiger partial charge in [0.1, 0.15) is 5.82 Å². The third-order valence-corrected chi connectivity index (χ3v) is 3.84. The molecular formula is C18H33ClN4O2. The number of aromatic nitrogens is 2. The molecule has 0 aromatic carbocycles. The Kier molecular flexibility index (Phi) is 13.1. The van der Waals surface area contributed by atoms with Crippen molar-refractivity contribution in [1.82, 2.24) is 14.9 Å². The van der Waals surface area contributed by atoms with E-state index in [4.69, 9.17) is 22.1 Å². The molecule has 0 radical (unpaired) electrons. The van der Waals surface area contributed by atoms with Crippen LogP contribution < -0.4 is 5.73 Å². The fourth-order valence-electron chi connectivity index (χ4n) is 2.33. The van der Waals surface area contributed by atoms with Crippen molar-refractivity contribution >= 4 is 23.3 Å². The number of nitrogen functional groups attached to an aromatic ring is 1. The van der Waals surface area contributed by atoms with Crippen LogP contribution in [0.15, 0.2) is 0 Å². The highest BCUT2D eigenvalue weighted by atomic mass is 35.5. The minimum Gasteiger partial charge on any atom is -0.383 e. The van der Waals surface area contributed by atoms with Crippen LogP contribution in [0.3, 0.4) is 0 Å². The van der Waals surface area contributed by atoms with Crippen molar-refractivity contribution in [2.45, 2.75) is 60.3 Å². The van der Waals surface area contributed by atoms with Crippen LogP contribution >= 0.6 is 11.6 Å². The Morgan fingerprint density at radius 2 is 1.84 bits per heavy atom. The summed E-state index contributed by atoms with van der Waals surface area (Å²) in [5.74, 6) is 0.678. The first kappa shape index (κ1) is 23.6. The maximum atomic E-state index is 10.7. The van der Waals surface area contributed by atoms with Gasteiger partial charge in [-0.25, -0.2) is 9.97 Å². The molecule has 25 heavy (non-hydrogen) atoms. The maximum absolute atomic E-state index is 10.7. The number of nitrogens with zero attached hydrogens (tertiary/aromatic N) is 3. The number of carbonyl (C=O) groups is 1. The van der Waals surface area contributed by atoms with Gasteiger partial charge in [0.25, 0.3) is 0 Å². The summed E-state index contributed by atoms with van der Waals surface area (Å²) in [6.07, 6.45) is 4.05. The Labute approximate surface area is 157 Å². The van der Waals surface area contributed by atoms with Gasteiger partial charge in [0, 0.05) is 25.6 Å². The van der Waals surface area contributed by atoms with Gasteiger partial charge in [0.15, 0.2) is 0 Å². The molecule has 1 fully saturated rings. The fourth-order valence-corrected chi connectivity index (χ4v) is 2.53. The van der Waals surface area contributed by atoms with Crippen LogP contribution in [0.1, 0.15) is 58.7 Å². The molecule has 0 unspecified atom stereocenters. The molecule has 0 saturated carbocycles. The standard InChI is InChI=1S/C10H16ClN3.C6H11NO2.C2H6/c1-3-5-6-8-7(4-2)9(12)14-10(11)13-8;1-6(8)7-2-4-9-5-3-7;1-2/h3-6H2,1-2H3,(H2,12,13,14);2-5H2,1H3;1-2H3. The first-order valence-electron chi connectivity index (χ1n) is 9.13. The smallest absolute Gasteiger partial charge is 0.224 e. The van der Waals surface area contributed by atoms with Gasteiger partial charge in [0.2, 0.25) is 11.2 Å². The molecular weight excluding hydrogens is 340 g/mol. The third-order valence-electron chi connectivity index (χ3n) is 3.67. The quantitative estimate of drug-likeness (QED) is 0.818. The molecule has 0 atom stereocenters. The van der Waals surface area contributed by atoms with Gasteiger partial charge in [-0.2, -0.15) is 0 Å². The van der Waals surface area contributed by atoms with Crippen molar-refractivity contribution in [3.63, 3.8) is 0 Å². The van der Waals surface area contributed by atoms with E-state index in [1.54, 1.807) is 11.8 Å². The first-order valence-corrected chi connectivity index (χ1v) is 9.51. The molecule has 2 rings (SSSR count). The summed E-state index contributed by atoms with van der Waals surface area (Å²) in [7, 11) is 0. The molecule has 1 amide bonds. The number of hydrogen-bond donors (Lipinski definition) is 1. The van der Waals surface area contributed by atoms with Gasteiger partial charge in [-0.1, -0.05) is 34.1 Å². The average Bonchev–Trinajstić information content (AvgIpc) is 2.62. The molecule has 0 aliphatic carbocycles. The Morgan fingerprint density at radius 1 is 1.24 bits per heavy atom. The topological polar surface area (TPSA) is 81.3 Å². The lowest BCUT2D eigenvalue weighted by Crippen LogP contribution is -2.39. The third kappa shape index (κ3) is 9.02. The average molecular weight is 373 g/mol. The molecule has 1 aromatic rings. The molecule has 6 nitrogen and oxygen atoms in total. The SMILES string of the molecule is CC.CC(=O)N1CCOCC1.CCCCc1nc(Cl)nc(N)c1CC. The number of hydrogen-bond acceptors (Lipinski definition) is 5. The van der Waals surface area contributed by atoms with Gasteiger partial charge in [0.05, 0.1) is 18.9 Å². The van der Waals surface area contributed by atoms with Gasteiger partial charge in [-0.05, 0) is 30.9 Å². The lowest BCUT2D eigenvalue weighted by molar-refractivity contribution is -0.132. The van der Waals surface area contributed by atoms with Crippen molar-refractivity contribution in [2.24, 2.45) is 0 Å². The van der Waals surface area contributed by atoms with Crippen LogP contribution in [-0.4, -0.2) is 47.1 Å². The van der Waals surface area contributed by atoms with Crippen molar-refractivity contribution < 1.29 is 9.53 Å². The molecule has 2 heterocycles. The van der Waals surface area contributed by atoms with E-state index in [1.165, 1.54) is 0 Å². The van der Waals surface area contributed by atoms with Crippen LogP contribution in [0, 0.1) is 0 Å². The zero-order valence-corrected chi connectivity index (χ0v) is 17.0. The summed E-state index contributed by atoms with van der Waals surface area (Å²) in [6, 6.07) is 0. The minimum absolute atomic E-state index is 0.151. The van der Waals surface area contributed by atoms with E-state index in [-0.39, 0.29) is 11.2 Å². The molecule has 1 aliphatic heterocycles. The Morgan fingerprint density at radius 3 is 2.28 bits per heavy atom. The number of anilines is 1. The van der Waals surface area contributed by atoms with Gasteiger partial charge >= 0.3 is 0 Å². The maximum Gasteiger partial charge on any atom is 0.224 e. The summed E-state index contributed by atoms with van der Waals surface area (Å²) >= 11 is 5.76. The molecule has 1 aromatic heterocycles. The number of amides is 1. The van der Waals surface area contributed by atoms with Crippen LogP contribution in [0.25, 0.3) is 0 Å². The van der Waals surface area contributed by atoms with E-state index in [9.17, 15) is 4.79 Å². The second-order valence-corrected chi connectivity index (χ2v) is 5.72. The molecule has 2 N–H and O–H groups in total. The van der Waals surface area contributed by atoms with Crippen LogP contribution in [-0.2, 0) is 22.4 Å². The number of morpholine rings is 1. The zero-order chi connectivity index (χ0) is 19.2. The summed E-state index contributed by atoms with van der Waals surface area (Å²) in [5.41, 5.74) is 7.82. The lowest BCUT2D eigenvalue weighted by atomic mass is 10.1. The largest absolute Gasteiger partial charge is 0.383 e. The van der Waals surface area contributed by atoms with Crippen molar-refractivity contribution in [1.29, 1.82) is 0 Å². The van der Waals surface area contributed by atoms with E-state index >= 15 is 0 Å². The summed E-state index contributed by atoms with van der Waals surface area (Å²) in [4.78, 5) is 20.6. The Hall–Kier alpha value is -1.40. The Balaban J connectivity index is 0.000000451. The highest BCUT2D eigenvalue weighted by molar-refractivity contribution is 6.28. The Bertz CT molecular complexity index is 506. The second-order valence-electron chi connectivity index (χ2n) is 5.38. The van der Waals surface area contributed by atoms with Crippen molar-refractivity contribution in [2.75, 3.05) is 32.0 Å². The molecule has 1 aliphatic rings. The van der Waals surface area contributed by atoms with Crippen molar-refractivity contribution in [3.8, 4) is 0 Å². The number of unbranched alkanes of at least 4 members (excludes halogenated alkanes) is 1. The van der Waals surface area contributed by atoms with E-state index in [2.05, 4.69) is 23.8 Å². The highest BCUT2D eigenvalue weighted by Gasteiger charge is 2.11. The highest BCUT2D eigenvalue weighted by Crippen LogP contribution is 2.18. The van der Waals surface area contributed by atoms with E-state index < -0.39 is 0 Å². The summed E-state index contributed by atoms with van der Waals surface area (Å²) in [5, 5.41) is 0.255. The molecule has 1 saturated heterocycles. The molecule has 0 spiro atoms. The predicted octanol–water partition coefficient (Wildman–Crippen LogP) is 3.51.